The first kappa shape index (κ1) is 33.5. The summed E-state index contributed by atoms with van der Waals surface area (Å²) in [6.45, 7) is 2.28. The molecule has 0 aliphatic rings. The van der Waals surface area contributed by atoms with Crippen LogP contribution in [0.15, 0.2) is 60.7 Å². The summed E-state index contributed by atoms with van der Waals surface area (Å²) in [5.41, 5.74) is -0.538. The molecule has 14 nitrogen and oxygen atoms in total. The Kier molecular flexibility index (Phi) is 11.1. The van der Waals surface area contributed by atoms with Gasteiger partial charge >= 0.3 is 29.8 Å². The minimum atomic E-state index is -2.41. The highest BCUT2D eigenvalue weighted by Gasteiger charge is 2.41. The number of halogens is 1. The molecule has 0 heterocycles. The highest BCUT2D eigenvalue weighted by atomic mass is 19.1. The number of amides is 1. The third-order valence-corrected chi connectivity index (χ3v) is 5.66. The molecule has 45 heavy (non-hydrogen) atoms. The average molecular weight is 628 g/mol. The Labute approximate surface area is 254 Å². The van der Waals surface area contributed by atoms with Crippen LogP contribution in [-0.4, -0.2) is 67.3 Å². The van der Waals surface area contributed by atoms with Gasteiger partial charge in [-0.05, 0) is 60.7 Å². The summed E-state index contributed by atoms with van der Waals surface area (Å²) in [6, 6.07) is 11.2. The number of aliphatic carboxylic acids is 1. The molecule has 0 fully saturated rings. The average Bonchev–Trinajstić information content (AvgIpc) is 2.99. The Balaban J connectivity index is 1.96. The monoisotopic (exact) mass is 627 g/mol. The highest BCUT2D eigenvalue weighted by Crippen LogP contribution is 2.30. The van der Waals surface area contributed by atoms with Crippen molar-refractivity contribution < 1.29 is 66.7 Å². The van der Waals surface area contributed by atoms with Crippen molar-refractivity contribution in [2.75, 3.05) is 19.5 Å². The maximum absolute atomic E-state index is 13.4. The fraction of sp³-hybridized carbons (Fsp3) is 0.200. The van der Waals surface area contributed by atoms with Crippen molar-refractivity contribution in [3.05, 3.63) is 77.6 Å². The number of benzene rings is 3. The molecular formula is C30H26FNO13. The summed E-state index contributed by atoms with van der Waals surface area (Å²) < 4.78 is 44.0. The van der Waals surface area contributed by atoms with Crippen molar-refractivity contribution in [2.45, 2.75) is 26.1 Å². The number of anilines is 1. The van der Waals surface area contributed by atoms with Crippen LogP contribution >= 0.6 is 0 Å². The fourth-order valence-corrected chi connectivity index (χ4v) is 3.68. The van der Waals surface area contributed by atoms with Crippen LogP contribution in [-0.2, 0) is 28.7 Å². The van der Waals surface area contributed by atoms with Crippen LogP contribution in [0.1, 0.15) is 34.6 Å². The molecule has 3 aromatic rings. The van der Waals surface area contributed by atoms with Crippen molar-refractivity contribution in [3.8, 4) is 23.0 Å². The topological polar surface area (TPSA) is 190 Å². The predicted molar refractivity (Wildman–Crippen MR) is 150 cm³/mol. The number of esters is 4. The van der Waals surface area contributed by atoms with Gasteiger partial charge in [0.1, 0.15) is 5.82 Å². The molecular weight excluding hydrogens is 601 g/mol. The number of carbonyl (C=O) groups excluding carboxylic acids is 5. The van der Waals surface area contributed by atoms with Crippen LogP contribution in [0.5, 0.6) is 23.0 Å². The standard InChI is InChI=1S/C30H26FNO13/c1-15(33)42-21-11-5-17(13-23(21)40-3)29(38)44-25(27(35)32-20-9-7-19(31)8-10-20)26(28(36)37)45-30(39)18-6-12-22(43-16(2)34)24(14-18)41-4/h5-14,25-26H,1-4H3,(H,32,35)(H,36,37)/t25-,26+/m1/s1. The zero-order chi connectivity index (χ0) is 33.3. The molecule has 3 rings (SSSR count). The van der Waals surface area contributed by atoms with E-state index in [1.165, 1.54) is 26.4 Å². The van der Waals surface area contributed by atoms with E-state index in [9.17, 15) is 38.3 Å². The second-order valence-electron chi connectivity index (χ2n) is 8.90. The van der Waals surface area contributed by atoms with E-state index in [0.717, 1.165) is 62.4 Å². The minimum absolute atomic E-state index is 0.00360. The molecule has 0 unspecified atom stereocenters. The van der Waals surface area contributed by atoms with Gasteiger partial charge in [0.05, 0.1) is 25.3 Å². The van der Waals surface area contributed by atoms with Gasteiger partial charge in [0.2, 0.25) is 12.2 Å². The molecule has 0 radical (unpaired) electrons. The number of hydrogen-bond donors (Lipinski definition) is 2. The van der Waals surface area contributed by atoms with E-state index in [4.69, 9.17) is 28.4 Å². The number of carboxylic acid groups (broad SMARTS) is 1. The van der Waals surface area contributed by atoms with Crippen LogP contribution < -0.4 is 24.3 Å². The van der Waals surface area contributed by atoms with Gasteiger partial charge in [0.15, 0.2) is 23.0 Å². The molecule has 0 aliphatic heterocycles. The lowest BCUT2D eigenvalue weighted by molar-refractivity contribution is -0.157. The summed E-state index contributed by atoms with van der Waals surface area (Å²) >= 11 is 0. The van der Waals surface area contributed by atoms with Gasteiger partial charge in [0.25, 0.3) is 5.91 Å². The third kappa shape index (κ3) is 9.00. The van der Waals surface area contributed by atoms with Gasteiger partial charge in [-0.25, -0.2) is 18.8 Å². The first-order valence-corrected chi connectivity index (χ1v) is 12.8. The zero-order valence-electron chi connectivity index (χ0n) is 24.2. The van der Waals surface area contributed by atoms with E-state index in [-0.39, 0.29) is 39.8 Å². The molecule has 0 aliphatic carbocycles. The Bertz CT molecular complexity index is 1620. The summed E-state index contributed by atoms with van der Waals surface area (Å²) in [5, 5.41) is 12.3. The number of carboxylic acids is 1. The Morgan fingerprint density at radius 1 is 0.667 bits per heavy atom. The lowest BCUT2D eigenvalue weighted by Gasteiger charge is -2.24. The molecule has 2 atom stereocenters. The summed E-state index contributed by atoms with van der Waals surface area (Å²) in [4.78, 5) is 74.5. The number of ether oxygens (including phenoxy) is 6. The van der Waals surface area contributed by atoms with E-state index in [1.54, 1.807) is 0 Å². The van der Waals surface area contributed by atoms with Crippen molar-refractivity contribution in [1.29, 1.82) is 0 Å². The lowest BCUT2D eigenvalue weighted by atomic mass is 10.1. The van der Waals surface area contributed by atoms with Crippen molar-refractivity contribution in [3.63, 3.8) is 0 Å². The van der Waals surface area contributed by atoms with E-state index in [1.807, 2.05) is 0 Å². The molecule has 236 valence electrons. The van der Waals surface area contributed by atoms with Crippen molar-refractivity contribution in [1.82, 2.24) is 0 Å². The third-order valence-electron chi connectivity index (χ3n) is 5.66. The molecule has 0 spiro atoms. The maximum Gasteiger partial charge on any atom is 0.349 e. The highest BCUT2D eigenvalue weighted by molar-refractivity contribution is 6.01. The van der Waals surface area contributed by atoms with Gasteiger partial charge in [-0.15, -0.1) is 0 Å². The predicted octanol–water partition coefficient (Wildman–Crippen LogP) is 3.17. The van der Waals surface area contributed by atoms with Crippen LogP contribution in [0.3, 0.4) is 0 Å². The quantitative estimate of drug-likeness (QED) is 0.220. The minimum Gasteiger partial charge on any atom is -0.493 e. The molecule has 2 N–H and O–H groups in total. The number of rotatable bonds is 12. The smallest absolute Gasteiger partial charge is 0.349 e. The zero-order valence-corrected chi connectivity index (χ0v) is 24.2. The summed E-state index contributed by atoms with van der Waals surface area (Å²) in [7, 11) is 2.45. The van der Waals surface area contributed by atoms with E-state index in [2.05, 4.69) is 5.32 Å². The summed E-state index contributed by atoms with van der Waals surface area (Å²) in [5.74, 6) is -7.87. The maximum atomic E-state index is 13.4. The second kappa shape index (κ2) is 15.0. The number of hydrogen-bond acceptors (Lipinski definition) is 12. The normalized spacial score (nSPS) is 11.7. The van der Waals surface area contributed by atoms with E-state index < -0.39 is 53.8 Å². The second-order valence-corrected chi connectivity index (χ2v) is 8.90. The number of methoxy groups -OCH3 is 2. The van der Waals surface area contributed by atoms with Crippen LogP contribution in [0.4, 0.5) is 10.1 Å². The van der Waals surface area contributed by atoms with E-state index in [0.29, 0.717) is 0 Å². The molecule has 0 saturated heterocycles. The Morgan fingerprint density at radius 2 is 1.11 bits per heavy atom. The molecule has 0 saturated carbocycles. The number of carbonyl (C=O) groups is 6. The van der Waals surface area contributed by atoms with Gasteiger partial charge in [-0.3, -0.25) is 14.4 Å². The van der Waals surface area contributed by atoms with Gasteiger partial charge in [-0.1, -0.05) is 0 Å². The van der Waals surface area contributed by atoms with Crippen LogP contribution in [0.25, 0.3) is 0 Å². The van der Waals surface area contributed by atoms with Gasteiger partial charge in [0, 0.05) is 19.5 Å². The van der Waals surface area contributed by atoms with Gasteiger partial charge < -0.3 is 38.8 Å². The summed E-state index contributed by atoms with van der Waals surface area (Å²) in [6.07, 6.45) is -4.71. The molecule has 0 bridgehead atoms. The molecule has 0 aromatic heterocycles. The molecule has 15 heteroatoms. The fourth-order valence-electron chi connectivity index (χ4n) is 3.68. The first-order chi connectivity index (χ1) is 21.3. The SMILES string of the molecule is COc1cc(C(=O)O[C@H](C(=O)O)[C@@H](OC(=O)c2ccc(OC(C)=O)c(OC)c2)C(=O)Nc2ccc(F)cc2)ccc1OC(C)=O. The van der Waals surface area contributed by atoms with Gasteiger partial charge in [-0.2, -0.15) is 0 Å². The Hall–Kier alpha value is -5.99. The van der Waals surface area contributed by atoms with Crippen molar-refractivity contribution >= 4 is 41.4 Å². The van der Waals surface area contributed by atoms with Crippen LogP contribution in [0.2, 0.25) is 0 Å². The Morgan fingerprint density at radius 3 is 1.51 bits per heavy atom. The number of nitrogens with one attached hydrogen (secondary N) is 1. The van der Waals surface area contributed by atoms with E-state index >= 15 is 0 Å². The molecule has 1 amide bonds. The first-order valence-electron chi connectivity index (χ1n) is 12.8. The van der Waals surface area contributed by atoms with Crippen LogP contribution in [0, 0.1) is 5.82 Å². The lowest BCUT2D eigenvalue weighted by Crippen LogP contribution is -2.48. The van der Waals surface area contributed by atoms with Crippen molar-refractivity contribution in [2.24, 2.45) is 0 Å². The molecule has 3 aromatic carbocycles. The largest absolute Gasteiger partial charge is 0.493 e.